The van der Waals surface area contributed by atoms with E-state index < -0.39 is 0 Å². The summed E-state index contributed by atoms with van der Waals surface area (Å²) in [5, 5.41) is 0. The van der Waals surface area contributed by atoms with Crippen molar-refractivity contribution in [2.24, 2.45) is 5.92 Å². The molecular weight excluding hydrogens is 324 g/mol. The van der Waals surface area contributed by atoms with Gasteiger partial charge in [-0.3, -0.25) is 0 Å². The van der Waals surface area contributed by atoms with Gasteiger partial charge in [-0.25, -0.2) is 0 Å². The second-order valence-electron chi connectivity index (χ2n) is 4.07. The highest BCUT2D eigenvalue weighted by molar-refractivity contribution is 9.11. The van der Waals surface area contributed by atoms with Crippen LogP contribution in [0.5, 0.6) is 0 Å². The lowest BCUT2D eigenvalue weighted by atomic mass is 9.82. The second-order valence-corrected chi connectivity index (χ2v) is 7.32. The Labute approximate surface area is 106 Å². The molecule has 1 aromatic heterocycles. The number of hydrogen-bond acceptors (Lipinski definition) is 1. The minimum Gasteiger partial charge on any atom is -0.143 e. The highest BCUT2D eigenvalue weighted by atomic mass is 79.9. The summed E-state index contributed by atoms with van der Waals surface area (Å²) in [7, 11) is 0. The average molecular weight is 338 g/mol. The number of hydrogen-bond donors (Lipinski definition) is 0. The number of alkyl halides is 1. The minimum absolute atomic E-state index is 0.556. The number of halogens is 2. The van der Waals surface area contributed by atoms with Gasteiger partial charge in [0.1, 0.15) is 0 Å². The maximum Gasteiger partial charge on any atom is 0.0503 e. The van der Waals surface area contributed by atoms with Gasteiger partial charge in [0.05, 0.1) is 4.83 Å². The van der Waals surface area contributed by atoms with Crippen LogP contribution >= 0.6 is 43.2 Å². The fourth-order valence-corrected chi connectivity index (χ4v) is 5.12. The lowest BCUT2D eigenvalue weighted by Crippen LogP contribution is -2.12. The van der Waals surface area contributed by atoms with Crippen LogP contribution in [0, 0.1) is 12.8 Å². The Bertz CT molecular complexity index is 315. The third-order valence-electron chi connectivity index (χ3n) is 2.89. The molecule has 0 spiro atoms. The highest BCUT2D eigenvalue weighted by Gasteiger charge is 2.23. The van der Waals surface area contributed by atoms with Crippen molar-refractivity contribution < 1.29 is 0 Å². The predicted octanol–water partition coefficient (Wildman–Crippen LogP) is 5.45. The molecule has 1 aromatic rings. The SMILES string of the molecule is Cc1cc(Br)c(C(Br)CC2CCC2)s1. The molecule has 1 unspecified atom stereocenters. The molecule has 0 aliphatic heterocycles. The average Bonchev–Trinajstić information content (AvgIpc) is 2.37. The zero-order valence-corrected chi connectivity index (χ0v) is 12.2. The van der Waals surface area contributed by atoms with Gasteiger partial charge in [0.15, 0.2) is 0 Å². The molecule has 1 aliphatic carbocycles. The van der Waals surface area contributed by atoms with Crippen LogP contribution in [0.2, 0.25) is 0 Å². The molecule has 1 atom stereocenters. The zero-order valence-electron chi connectivity index (χ0n) is 8.22. The first kappa shape index (κ1) is 11.2. The Morgan fingerprint density at radius 2 is 2.29 bits per heavy atom. The van der Waals surface area contributed by atoms with E-state index in [1.807, 2.05) is 11.3 Å². The Morgan fingerprint density at radius 1 is 1.57 bits per heavy atom. The Morgan fingerprint density at radius 3 is 2.71 bits per heavy atom. The summed E-state index contributed by atoms with van der Waals surface area (Å²) in [6, 6.07) is 2.22. The van der Waals surface area contributed by atoms with Crippen LogP contribution in [0.25, 0.3) is 0 Å². The summed E-state index contributed by atoms with van der Waals surface area (Å²) in [6.07, 6.45) is 5.61. The van der Waals surface area contributed by atoms with E-state index in [1.165, 1.54) is 39.9 Å². The van der Waals surface area contributed by atoms with Crippen LogP contribution in [0.3, 0.4) is 0 Å². The molecule has 0 bridgehead atoms. The number of aryl methyl sites for hydroxylation is 1. The van der Waals surface area contributed by atoms with Gasteiger partial charge in [0.2, 0.25) is 0 Å². The van der Waals surface area contributed by atoms with Crippen molar-refractivity contribution >= 4 is 43.2 Å². The van der Waals surface area contributed by atoms with Crippen molar-refractivity contribution in [3.63, 3.8) is 0 Å². The lowest BCUT2D eigenvalue weighted by Gasteiger charge is -2.27. The van der Waals surface area contributed by atoms with E-state index in [9.17, 15) is 0 Å². The third-order valence-corrected chi connectivity index (χ3v) is 6.10. The van der Waals surface area contributed by atoms with Crippen molar-refractivity contribution in [1.29, 1.82) is 0 Å². The quantitative estimate of drug-likeness (QED) is 0.644. The molecule has 78 valence electrons. The van der Waals surface area contributed by atoms with Crippen LogP contribution in [0.15, 0.2) is 10.5 Å². The van der Waals surface area contributed by atoms with E-state index in [0.29, 0.717) is 4.83 Å². The second kappa shape index (κ2) is 4.67. The first-order valence-electron chi connectivity index (χ1n) is 5.06. The van der Waals surface area contributed by atoms with Gasteiger partial charge in [-0.15, -0.1) is 11.3 Å². The fourth-order valence-electron chi connectivity index (χ4n) is 1.84. The molecule has 0 saturated heterocycles. The zero-order chi connectivity index (χ0) is 10.1. The van der Waals surface area contributed by atoms with Gasteiger partial charge in [0.25, 0.3) is 0 Å². The Kier molecular flexibility index (Phi) is 3.72. The smallest absolute Gasteiger partial charge is 0.0503 e. The highest BCUT2D eigenvalue weighted by Crippen LogP contribution is 2.43. The van der Waals surface area contributed by atoms with Crippen LogP contribution in [-0.2, 0) is 0 Å². The summed E-state index contributed by atoms with van der Waals surface area (Å²) < 4.78 is 1.28. The number of rotatable bonds is 3. The van der Waals surface area contributed by atoms with Gasteiger partial charge in [-0.05, 0) is 41.3 Å². The Balaban J connectivity index is 2.02. The molecule has 14 heavy (non-hydrogen) atoms. The monoisotopic (exact) mass is 336 g/mol. The predicted molar refractivity (Wildman–Crippen MR) is 70.4 cm³/mol. The van der Waals surface area contributed by atoms with Crippen LogP contribution in [-0.4, -0.2) is 0 Å². The van der Waals surface area contributed by atoms with E-state index in [1.54, 1.807) is 0 Å². The molecule has 0 radical (unpaired) electrons. The topological polar surface area (TPSA) is 0 Å². The molecule has 0 amide bonds. The van der Waals surface area contributed by atoms with Crippen molar-refractivity contribution in [2.75, 3.05) is 0 Å². The first-order chi connectivity index (χ1) is 6.66. The van der Waals surface area contributed by atoms with Gasteiger partial charge in [-0.2, -0.15) is 0 Å². The van der Waals surface area contributed by atoms with E-state index in [0.717, 1.165) is 5.92 Å². The Hall–Kier alpha value is 0.660. The molecule has 0 N–H and O–H groups in total. The molecule has 2 rings (SSSR count). The molecule has 3 heteroatoms. The van der Waals surface area contributed by atoms with Crippen molar-refractivity contribution in [3.8, 4) is 0 Å². The van der Waals surface area contributed by atoms with E-state index >= 15 is 0 Å². The van der Waals surface area contributed by atoms with E-state index in [2.05, 4.69) is 44.8 Å². The molecule has 1 heterocycles. The van der Waals surface area contributed by atoms with Crippen LogP contribution in [0.4, 0.5) is 0 Å². The summed E-state index contributed by atoms with van der Waals surface area (Å²) >= 11 is 9.34. The standard InChI is InChI=1S/C11H14Br2S/c1-7-5-9(12)11(14-7)10(13)6-8-3-2-4-8/h5,8,10H,2-4,6H2,1H3. The molecule has 0 aromatic carbocycles. The van der Waals surface area contributed by atoms with Crippen molar-refractivity contribution in [1.82, 2.24) is 0 Å². The van der Waals surface area contributed by atoms with Crippen LogP contribution < -0.4 is 0 Å². The molecular formula is C11H14Br2S. The van der Waals surface area contributed by atoms with Gasteiger partial charge in [0, 0.05) is 14.2 Å². The largest absolute Gasteiger partial charge is 0.143 e. The van der Waals surface area contributed by atoms with Gasteiger partial charge < -0.3 is 0 Å². The van der Waals surface area contributed by atoms with Crippen LogP contribution in [0.1, 0.15) is 40.3 Å². The van der Waals surface area contributed by atoms with E-state index in [-0.39, 0.29) is 0 Å². The summed E-state index contributed by atoms with van der Waals surface area (Å²) in [6.45, 7) is 2.17. The molecule has 1 aliphatic rings. The van der Waals surface area contributed by atoms with E-state index in [4.69, 9.17) is 0 Å². The maximum absolute atomic E-state index is 3.81. The lowest BCUT2D eigenvalue weighted by molar-refractivity contribution is 0.296. The molecule has 1 saturated carbocycles. The van der Waals surface area contributed by atoms with Gasteiger partial charge >= 0.3 is 0 Å². The first-order valence-corrected chi connectivity index (χ1v) is 7.59. The molecule has 0 nitrogen and oxygen atoms in total. The fraction of sp³-hybridized carbons (Fsp3) is 0.636. The summed E-state index contributed by atoms with van der Waals surface area (Å²) in [5.74, 6) is 0.966. The van der Waals surface area contributed by atoms with Gasteiger partial charge in [-0.1, -0.05) is 35.2 Å². The summed E-state index contributed by atoms with van der Waals surface area (Å²) in [4.78, 5) is 3.42. The van der Waals surface area contributed by atoms with Crippen molar-refractivity contribution in [2.45, 2.75) is 37.4 Å². The third kappa shape index (κ3) is 2.42. The summed E-state index contributed by atoms with van der Waals surface area (Å²) in [5.41, 5.74) is 0. The molecule has 1 fully saturated rings. The maximum atomic E-state index is 3.81. The minimum atomic E-state index is 0.556. The number of thiophene rings is 1. The van der Waals surface area contributed by atoms with Crippen molar-refractivity contribution in [3.05, 3.63) is 20.3 Å². The normalized spacial score (nSPS) is 19.4.